The monoisotopic (exact) mass is 382 g/mol. The third-order valence-corrected chi connectivity index (χ3v) is 4.35. The molecule has 28 heavy (non-hydrogen) atoms. The molecule has 0 spiro atoms. The van der Waals surface area contributed by atoms with Gasteiger partial charge in [-0.25, -0.2) is 4.79 Å². The summed E-state index contributed by atoms with van der Waals surface area (Å²) < 4.78 is 1.37. The van der Waals surface area contributed by atoms with Crippen molar-refractivity contribution >= 4 is 11.6 Å². The lowest BCUT2D eigenvalue weighted by molar-refractivity contribution is -0.384. The average Bonchev–Trinajstić information content (AvgIpc) is 2.95. The van der Waals surface area contributed by atoms with Gasteiger partial charge in [0.1, 0.15) is 0 Å². The number of nitro groups is 1. The number of imidazole rings is 1. The molecule has 3 N–H and O–H groups in total. The van der Waals surface area contributed by atoms with Crippen molar-refractivity contribution in [1.29, 1.82) is 0 Å². The van der Waals surface area contributed by atoms with Gasteiger partial charge in [0.2, 0.25) is 5.88 Å². The fourth-order valence-corrected chi connectivity index (χ4v) is 2.90. The van der Waals surface area contributed by atoms with E-state index in [1.54, 1.807) is 36.4 Å². The van der Waals surface area contributed by atoms with E-state index in [-0.39, 0.29) is 30.4 Å². The Morgan fingerprint density at radius 2 is 1.93 bits per heavy atom. The zero-order valence-electron chi connectivity index (χ0n) is 15.0. The van der Waals surface area contributed by atoms with Gasteiger partial charge in [-0.15, -0.1) is 0 Å². The molecule has 0 atom stereocenters. The van der Waals surface area contributed by atoms with E-state index in [4.69, 9.17) is 0 Å². The molecule has 1 aromatic heterocycles. The van der Waals surface area contributed by atoms with Crippen molar-refractivity contribution in [3.8, 4) is 5.88 Å². The summed E-state index contributed by atoms with van der Waals surface area (Å²) >= 11 is 0. The lowest BCUT2D eigenvalue weighted by Crippen LogP contribution is -2.21. The van der Waals surface area contributed by atoms with Crippen LogP contribution in [0.25, 0.3) is 0 Å². The number of hydrogen-bond donors (Lipinski definition) is 3. The average molecular weight is 382 g/mol. The van der Waals surface area contributed by atoms with E-state index in [1.165, 1.54) is 23.7 Å². The number of H-pyrrole nitrogens is 1. The SMILES string of the molecule is CNC(=O)c1cccc(Cn2c(Cc3ccc([N+](=O)[O-])cc3)c(O)[nH]c2=O)c1. The number of nitrogens with one attached hydrogen (secondary N) is 2. The second-order valence-corrected chi connectivity index (χ2v) is 6.19. The van der Waals surface area contributed by atoms with Gasteiger partial charge in [-0.2, -0.15) is 0 Å². The number of amides is 1. The smallest absolute Gasteiger partial charge is 0.328 e. The van der Waals surface area contributed by atoms with E-state index < -0.39 is 10.6 Å². The van der Waals surface area contributed by atoms with Crippen LogP contribution in [0.2, 0.25) is 0 Å². The summed E-state index contributed by atoms with van der Waals surface area (Å²) in [6, 6.07) is 12.7. The highest BCUT2D eigenvalue weighted by Gasteiger charge is 2.16. The predicted octanol–water partition coefficient (Wildman–Crippen LogP) is 1.79. The molecule has 9 heteroatoms. The summed E-state index contributed by atoms with van der Waals surface area (Å²) in [4.78, 5) is 36.7. The van der Waals surface area contributed by atoms with E-state index in [0.717, 1.165) is 0 Å². The zero-order chi connectivity index (χ0) is 20.3. The number of carbonyl (C=O) groups is 1. The molecule has 0 aliphatic carbocycles. The van der Waals surface area contributed by atoms with Crippen molar-refractivity contribution in [2.75, 3.05) is 7.05 Å². The molecule has 1 amide bonds. The van der Waals surface area contributed by atoms with Gasteiger partial charge < -0.3 is 10.4 Å². The molecule has 0 unspecified atom stereocenters. The van der Waals surface area contributed by atoms with Crippen LogP contribution in [0, 0.1) is 10.1 Å². The first-order valence-corrected chi connectivity index (χ1v) is 8.44. The molecule has 0 saturated heterocycles. The first-order valence-electron chi connectivity index (χ1n) is 8.44. The standard InChI is InChI=1S/C19H18N4O5/c1-20-17(24)14-4-2-3-13(9-14)11-22-16(18(25)21-19(22)26)10-12-5-7-15(8-6-12)23(27)28/h2-9,25H,10-11H2,1H3,(H,20,24)(H,21,26). The number of carbonyl (C=O) groups excluding carboxylic acids is 1. The Morgan fingerprint density at radius 3 is 2.57 bits per heavy atom. The number of aromatic amines is 1. The zero-order valence-corrected chi connectivity index (χ0v) is 15.0. The Hall–Kier alpha value is -3.88. The van der Waals surface area contributed by atoms with Crippen LogP contribution in [-0.2, 0) is 13.0 Å². The number of non-ortho nitro benzene ring substituents is 1. The van der Waals surface area contributed by atoms with Crippen molar-refractivity contribution in [2.45, 2.75) is 13.0 Å². The number of aromatic nitrogens is 2. The lowest BCUT2D eigenvalue weighted by atomic mass is 10.1. The van der Waals surface area contributed by atoms with E-state index in [2.05, 4.69) is 10.3 Å². The molecule has 144 valence electrons. The van der Waals surface area contributed by atoms with Crippen LogP contribution in [0.4, 0.5) is 5.69 Å². The second kappa shape index (κ2) is 7.78. The summed E-state index contributed by atoms with van der Waals surface area (Å²) in [5, 5.41) is 23.4. The molecule has 9 nitrogen and oxygen atoms in total. The Labute approximate surface area is 159 Å². The van der Waals surface area contributed by atoms with E-state index in [0.29, 0.717) is 22.4 Å². The summed E-state index contributed by atoms with van der Waals surface area (Å²) in [7, 11) is 1.53. The number of nitro benzene ring substituents is 1. The maximum absolute atomic E-state index is 12.3. The van der Waals surface area contributed by atoms with Crippen LogP contribution in [0.15, 0.2) is 53.3 Å². The number of benzene rings is 2. The highest BCUT2D eigenvalue weighted by Crippen LogP contribution is 2.20. The quantitative estimate of drug-likeness (QED) is 0.442. The fourth-order valence-electron chi connectivity index (χ4n) is 2.90. The second-order valence-electron chi connectivity index (χ2n) is 6.19. The van der Waals surface area contributed by atoms with Gasteiger partial charge in [0, 0.05) is 31.2 Å². The number of hydrogen-bond acceptors (Lipinski definition) is 5. The van der Waals surface area contributed by atoms with Crippen molar-refractivity contribution in [2.24, 2.45) is 0 Å². The number of aromatic hydroxyl groups is 1. The lowest BCUT2D eigenvalue weighted by Gasteiger charge is -2.09. The van der Waals surface area contributed by atoms with Crippen LogP contribution < -0.4 is 11.0 Å². The van der Waals surface area contributed by atoms with Crippen molar-refractivity contribution in [3.05, 3.63) is 91.5 Å². The minimum absolute atomic E-state index is 0.0366. The summed E-state index contributed by atoms with van der Waals surface area (Å²) in [6.45, 7) is 0.156. The summed E-state index contributed by atoms with van der Waals surface area (Å²) in [6.07, 6.45) is 0.206. The largest absolute Gasteiger partial charge is 0.493 e. The Morgan fingerprint density at radius 1 is 1.21 bits per heavy atom. The van der Waals surface area contributed by atoms with E-state index >= 15 is 0 Å². The summed E-state index contributed by atoms with van der Waals surface area (Å²) in [5.74, 6) is -0.497. The first kappa shape index (κ1) is 18.9. The van der Waals surface area contributed by atoms with Crippen LogP contribution in [0.3, 0.4) is 0 Å². The number of nitrogens with zero attached hydrogens (tertiary/aromatic N) is 2. The van der Waals surface area contributed by atoms with Gasteiger partial charge in [0.05, 0.1) is 17.2 Å². The van der Waals surface area contributed by atoms with Crippen molar-refractivity contribution in [1.82, 2.24) is 14.9 Å². The third kappa shape index (κ3) is 3.93. The molecule has 1 heterocycles. The topological polar surface area (TPSA) is 130 Å². The molecule has 0 aliphatic rings. The molecule has 3 aromatic rings. The van der Waals surface area contributed by atoms with Gasteiger partial charge in [-0.3, -0.25) is 24.5 Å². The minimum atomic E-state index is -0.493. The first-order chi connectivity index (χ1) is 13.4. The fraction of sp³-hybridized carbons (Fsp3) is 0.158. The maximum Gasteiger partial charge on any atom is 0.328 e. The van der Waals surface area contributed by atoms with Crippen LogP contribution in [0.5, 0.6) is 5.88 Å². The number of rotatable bonds is 6. The molecule has 0 fully saturated rings. The molecule has 0 radical (unpaired) electrons. The molecular weight excluding hydrogens is 364 g/mol. The molecule has 2 aromatic carbocycles. The van der Waals surface area contributed by atoms with Gasteiger partial charge in [-0.1, -0.05) is 24.3 Å². The molecule has 0 aliphatic heterocycles. The Kier molecular flexibility index (Phi) is 5.25. The van der Waals surface area contributed by atoms with Gasteiger partial charge >= 0.3 is 5.69 Å². The third-order valence-electron chi connectivity index (χ3n) is 4.35. The highest BCUT2D eigenvalue weighted by atomic mass is 16.6. The van der Waals surface area contributed by atoms with Crippen LogP contribution >= 0.6 is 0 Å². The van der Waals surface area contributed by atoms with Crippen LogP contribution in [-0.4, -0.2) is 32.5 Å². The van der Waals surface area contributed by atoms with Gasteiger partial charge in [0.15, 0.2) is 0 Å². The van der Waals surface area contributed by atoms with Crippen LogP contribution in [0.1, 0.15) is 27.2 Å². The minimum Gasteiger partial charge on any atom is -0.493 e. The van der Waals surface area contributed by atoms with Crippen molar-refractivity contribution < 1.29 is 14.8 Å². The van der Waals surface area contributed by atoms with E-state index in [9.17, 15) is 24.8 Å². The van der Waals surface area contributed by atoms with E-state index in [1.807, 2.05) is 0 Å². The predicted molar refractivity (Wildman–Crippen MR) is 102 cm³/mol. The van der Waals surface area contributed by atoms with Gasteiger partial charge in [-0.05, 0) is 23.3 Å². The van der Waals surface area contributed by atoms with Gasteiger partial charge in [0.25, 0.3) is 11.6 Å². The molecule has 0 bridgehead atoms. The normalized spacial score (nSPS) is 10.6. The van der Waals surface area contributed by atoms with Crippen molar-refractivity contribution in [3.63, 3.8) is 0 Å². The molecule has 0 saturated carbocycles. The molecule has 3 rings (SSSR count). The molecular formula is C19H18N4O5. The Balaban J connectivity index is 1.90. The maximum atomic E-state index is 12.3. The highest BCUT2D eigenvalue weighted by molar-refractivity contribution is 5.94. The Bertz CT molecular complexity index is 1080. The summed E-state index contributed by atoms with van der Waals surface area (Å²) in [5.41, 5.74) is 1.71.